The number of methoxy groups -OCH3 is 1. The van der Waals surface area contributed by atoms with Crippen molar-refractivity contribution in [2.24, 2.45) is 10.8 Å². The SMILES string of the molecule is COCC1(CNC(=O)CC2(CS(C)(=O)=O)CC2)CCNCC1.Cl. The minimum absolute atomic E-state index is 0. The molecule has 136 valence electrons. The predicted octanol–water partition coefficient (Wildman–Crippen LogP) is 0.756. The molecule has 23 heavy (non-hydrogen) atoms. The van der Waals surface area contributed by atoms with Crippen molar-refractivity contribution in [3.63, 3.8) is 0 Å². The van der Waals surface area contributed by atoms with E-state index in [0.29, 0.717) is 19.6 Å². The van der Waals surface area contributed by atoms with Crippen molar-refractivity contribution < 1.29 is 17.9 Å². The molecule has 2 aliphatic rings. The molecule has 1 heterocycles. The number of rotatable bonds is 8. The molecule has 1 aliphatic carbocycles. The molecular formula is C15H29ClN2O4S. The molecule has 1 aliphatic heterocycles. The molecule has 0 unspecified atom stereocenters. The number of piperidine rings is 1. The number of hydrogen-bond acceptors (Lipinski definition) is 5. The van der Waals surface area contributed by atoms with E-state index >= 15 is 0 Å². The molecule has 2 rings (SSSR count). The van der Waals surface area contributed by atoms with Crippen LogP contribution in [0.1, 0.15) is 32.1 Å². The van der Waals surface area contributed by atoms with Crippen LogP contribution in [0.25, 0.3) is 0 Å². The Morgan fingerprint density at radius 3 is 2.26 bits per heavy atom. The number of amides is 1. The Balaban J connectivity index is 0.00000264. The summed E-state index contributed by atoms with van der Waals surface area (Å²) in [5, 5.41) is 6.34. The van der Waals surface area contributed by atoms with Gasteiger partial charge in [0.2, 0.25) is 5.91 Å². The summed E-state index contributed by atoms with van der Waals surface area (Å²) in [4.78, 5) is 12.2. The summed E-state index contributed by atoms with van der Waals surface area (Å²) in [6, 6.07) is 0. The van der Waals surface area contributed by atoms with E-state index in [1.165, 1.54) is 6.26 Å². The Morgan fingerprint density at radius 2 is 1.78 bits per heavy atom. The van der Waals surface area contributed by atoms with Crippen molar-refractivity contribution in [3.8, 4) is 0 Å². The van der Waals surface area contributed by atoms with Crippen molar-refractivity contribution in [2.45, 2.75) is 32.1 Å². The van der Waals surface area contributed by atoms with E-state index in [9.17, 15) is 13.2 Å². The second-order valence-electron chi connectivity index (χ2n) is 7.21. The molecule has 2 fully saturated rings. The Labute approximate surface area is 145 Å². The monoisotopic (exact) mass is 368 g/mol. The van der Waals surface area contributed by atoms with E-state index in [1.807, 2.05) is 0 Å². The molecule has 0 atom stereocenters. The number of hydrogen-bond donors (Lipinski definition) is 2. The average molecular weight is 369 g/mol. The van der Waals surface area contributed by atoms with Crippen molar-refractivity contribution in [3.05, 3.63) is 0 Å². The first kappa shape index (κ1) is 20.7. The van der Waals surface area contributed by atoms with Gasteiger partial charge in [-0.05, 0) is 44.2 Å². The van der Waals surface area contributed by atoms with Crippen LogP contribution in [0.5, 0.6) is 0 Å². The molecule has 0 aromatic rings. The summed E-state index contributed by atoms with van der Waals surface area (Å²) in [7, 11) is -1.34. The number of ether oxygens (including phenoxy) is 1. The first-order valence-electron chi connectivity index (χ1n) is 7.92. The fourth-order valence-corrected chi connectivity index (χ4v) is 4.93. The summed E-state index contributed by atoms with van der Waals surface area (Å²) < 4.78 is 28.2. The topological polar surface area (TPSA) is 84.5 Å². The lowest BCUT2D eigenvalue weighted by molar-refractivity contribution is -0.123. The van der Waals surface area contributed by atoms with Gasteiger partial charge in [0.15, 0.2) is 0 Å². The van der Waals surface area contributed by atoms with Gasteiger partial charge in [-0.1, -0.05) is 0 Å². The molecule has 1 saturated heterocycles. The maximum atomic E-state index is 12.2. The maximum absolute atomic E-state index is 12.2. The van der Waals surface area contributed by atoms with Gasteiger partial charge in [0.1, 0.15) is 9.84 Å². The summed E-state index contributed by atoms with van der Waals surface area (Å²) in [5.41, 5.74) is -0.302. The van der Waals surface area contributed by atoms with Crippen LogP contribution < -0.4 is 10.6 Å². The molecule has 0 aromatic carbocycles. The molecule has 6 nitrogen and oxygen atoms in total. The smallest absolute Gasteiger partial charge is 0.220 e. The highest BCUT2D eigenvalue weighted by Gasteiger charge is 2.46. The zero-order chi connectivity index (χ0) is 16.3. The largest absolute Gasteiger partial charge is 0.384 e. The third-order valence-corrected chi connectivity index (χ3v) is 5.97. The summed E-state index contributed by atoms with van der Waals surface area (Å²) in [6.45, 7) is 3.13. The van der Waals surface area contributed by atoms with Crippen LogP contribution in [0, 0.1) is 10.8 Å². The lowest BCUT2D eigenvalue weighted by Gasteiger charge is -2.37. The predicted molar refractivity (Wildman–Crippen MR) is 92.7 cm³/mol. The van der Waals surface area contributed by atoms with Crippen molar-refractivity contribution in [2.75, 3.05) is 45.4 Å². The van der Waals surface area contributed by atoms with Crippen LogP contribution in [0.3, 0.4) is 0 Å². The Kier molecular flexibility index (Phi) is 7.32. The lowest BCUT2D eigenvalue weighted by atomic mass is 9.79. The number of carbonyl (C=O) groups is 1. The normalized spacial score (nSPS) is 22.0. The van der Waals surface area contributed by atoms with Gasteiger partial charge in [-0.15, -0.1) is 12.4 Å². The van der Waals surface area contributed by atoms with Crippen LogP contribution in [0.4, 0.5) is 0 Å². The summed E-state index contributed by atoms with van der Waals surface area (Å²) >= 11 is 0. The highest BCUT2D eigenvalue weighted by atomic mass is 35.5. The lowest BCUT2D eigenvalue weighted by Crippen LogP contribution is -2.47. The average Bonchev–Trinajstić information content (AvgIpc) is 3.15. The van der Waals surface area contributed by atoms with Crippen LogP contribution in [0.2, 0.25) is 0 Å². The highest BCUT2D eigenvalue weighted by Crippen LogP contribution is 2.49. The summed E-state index contributed by atoms with van der Waals surface area (Å²) in [5.74, 6) is 0.0933. The Morgan fingerprint density at radius 1 is 1.17 bits per heavy atom. The van der Waals surface area contributed by atoms with E-state index in [-0.39, 0.29) is 34.9 Å². The number of nitrogens with one attached hydrogen (secondary N) is 2. The molecule has 0 bridgehead atoms. The van der Waals surface area contributed by atoms with Crippen molar-refractivity contribution >= 4 is 28.2 Å². The van der Waals surface area contributed by atoms with Gasteiger partial charge < -0.3 is 15.4 Å². The van der Waals surface area contributed by atoms with E-state index in [0.717, 1.165) is 38.8 Å². The third kappa shape index (κ3) is 6.57. The fraction of sp³-hybridized carbons (Fsp3) is 0.933. The molecule has 1 saturated carbocycles. The first-order valence-corrected chi connectivity index (χ1v) is 9.98. The minimum Gasteiger partial charge on any atom is -0.384 e. The van der Waals surface area contributed by atoms with E-state index in [4.69, 9.17) is 4.74 Å². The Hall–Kier alpha value is -0.370. The third-order valence-electron chi connectivity index (χ3n) is 4.84. The molecule has 0 aromatic heterocycles. The van der Waals surface area contributed by atoms with Gasteiger partial charge in [0.25, 0.3) is 0 Å². The molecular weight excluding hydrogens is 340 g/mol. The molecule has 2 N–H and O–H groups in total. The number of carbonyl (C=O) groups excluding carboxylic acids is 1. The van der Waals surface area contributed by atoms with Crippen LogP contribution >= 0.6 is 12.4 Å². The first-order chi connectivity index (χ1) is 10.3. The maximum Gasteiger partial charge on any atom is 0.220 e. The quantitative estimate of drug-likeness (QED) is 0.660. The van der Waals surface area contributed by atoms with Gasteiger partial charge in [-0.2, -0.15) is 0 Å². The van der Waals surface area contributed by atoms with E-state index in [1.54, 1.807) is 7.11 Å². The van der Waals surface area contributed by atoms with E-state index < -0.39 is 9.84 Å². The van der Waals surface area contributed by atoms with Gasteiger partial charge in [0.05, 0.1) is 12.4 Å². The standard InChI is InChI=1S/C15H28N2O4S.ClH/c1-21-11-15(5-7-16-8-6-15)10-17-13(18)9-14(3-4-14)12-22(2,19)20;/h16H,3-12H2,1-2H3,(H,17,18);1H. The van der Waals surface area contributed by atoms with Crippen LogP contribution in [-0.4, -0.2) is 59.7 Å². The fourth-order valence-electron chi connectivity index (χ4n) is 3.43. The summed E-state index contributed by atoms with van der Waals surface area (Å²) in [6.07, 6.45) is 5.20. The minimum atomic E-state index is -3.03. The van der Waals surface area contributed by atoms with Gasteiger partial charge in [-0.25, -0.2) is 8.42 Å². The van der Waals surface area contributed by atoms with Gasteiger partial charge in [0, 0.05) is 31.7 Å². The van der Waals surface area contributed by atoms with Crippen LogP contribution in [0.15, 0.2) is 0 Å². The number of sulfone groups is 1. The molecule has 8 heteroatoms. The van der Waals surface area contributed by atoms with E-state index in [2.05, 4.69) is 10.6 Å². The highest BCUT2D eigenvalue weighted by molar-refractivity contribution is 7.90. The van der Waals surface area contributed by atoms with Crippen molar-refractivity contribution in [1.82, 2.24) is 10.6 Å². The molecule has 0 spiro atoms. The second-order valence-corrected chi connectivity index (χ2v) is 9.35. The van der Waals surface area contributed by atoms with Crippen LogP contribution in [-0.2, 0) is 19.4 Å². The Bertz CT molecular complexity index is 494. The number of halogens is 1. The molecule has 0 radical (unpaired) electrons. The van der Waals surface area contributed by atoms with Gasteiger partial charge >= 0.3 is 0 Å². The zero-order valence-corrected chi connectivity index (χ0v) is 15.7. The zero-order valence-electron chi connectivity index (χ0n) is 14.0. The van der Waals surface area contributed by atoms with Gasteiger partial charge in [-0.3, -0.25) is 4.79 Å². The molecule has 1 amide bonds. The second kappa shape index (κ2) is 8.14. The van der Waals surface area contributed by atoms with Crippen molar-refractivity contribution in [1.29, 1.82) is 0 Å².